The number of ether oxygens (including phenoxy) is 2. The molecule has 0 radical (unpaired) electrons. The summed E-state index contributed by atoms with van der Waals surface area (Å²) >= 11 is 0. The number of aliphatic hydroxyl groups excluding tert-OH is 1. The van der Waals surface area contributed by atoms with E-state index in [0.717, 1.165) is 5.56 Å². The van der Waals surface area contributed by atoms with Gasteiger partial charge in [0.25, 0.3) is 0 Å². The smallest absolute Gasteiger partial charge is 0.161 e. The number of para-hydroxylation sites is 2. The molecule has 1 atom stereocenters. The van der Waals surface area contributed by atoms with Crippen LogP contribution in [-0.2, 0) is 0 Å². The Labute approximate surface area is 142 Å². The van der Waals surface area contributed by atoms with Crippen molar-refractivity contribution in [1.29, 1.82) is 5.26 Å². The number of rotatable bonds is 8. The largest absolute Gasteiger partial charge is 0.493 e. The van der Waals surface area contributed by atoms with Crippen LogP contribution in [0, 0.1) is 11.3 Å². The highest BCUT2D eigenvalue weighted by atomic mass is 16.5. The summed E-state index contributed by atoms with van der Waals surface area (Å²) in [5.41, 5.74) is 1.39. The zero-order valence-corrected chi connectivity index (χ0v) is 14.0. The van der Waals surface area contributed by atoms with Gasteiger partial charge in [0.15, 0.2) is 11.5 Å². The van der Waals surface area contributed by atoms with E-state index in [1.807, 2.05) is 36.2 Å². The summed E-state index contributed by atoms with van der Waals surface area (Å²) in [7, 11) is 3.54. The quantitative estimate of drug-likeness (QED) is 0.808. The van der Waals surface area contributed by atoms with Gasteiger partial charge in [0.2, 0.25) is 0 Å². The third-order valence-corrected chi connectivity index (χ3v) is 3.71. The van der Waals surface area contributed by atoms with E-state index in [0.29, 0.717) is 36.8 Å². The molecule has 0 bridgehead atoms. The second kappa shape index (κ2) is 8.92. The Bertz CT molecular complexity index is 680. The molecule has 0 saturated carbocycles. The van der Waals surface area contributed by atoms with Gasteiger partial charge in [0.05, 0.1) is 24.8 Å². The maximum absolute atomic E-state index is 10.3. The van der Waals surface area contributed by atoms with E-state index in [1.54, 1.807) is 31.4 Å². The fraction of sp³-hybridized carbons (Fsp3) is 0.316. The van der Waals surface area contributed by atoms with Gasteiger partial charge in [0, 0.05) is 13.1 Å². The van der Waals surface area contributed by atoms with Crippen molar-refractivity contribution in [3.63, 3.8) is 0 Å². The molecule has 1 N–H and O–H groups in total. The monoisotopic (exact) mass is 326 g/mol. The molecule has 0 aliphatic carbocycles. The molecule has 0 aliphatic rings. The summed E-state index contributed by atoms with van der Waals surface area (Å²) in [6.07, 6.45) is -0.603. The van der Waals surface area contributed by atoms with Crippen LogP contribution in [-0.4, -0.2) is 43.9 Å². The predicted octanol–water partition coefficient (Wildman–Crippen LogP) is 2.61. The lowest BCUT2D eigenvalue weighted by Crippen LogP contribution is -2.29. The zero-order valence-electron chi connectivity index (χ0n) is 14.0. The molecule has 0 aromatic heterocycles. The third kappa shape index (κ3) is 4.98. The average molecular weight is 326 g/mol. The molecule has 2 aromatic carbocycles. The fourth-order valence-corrected chi connectivity index (χ4v) is 2.32. The standard InChI is InChI=1S/C19H22N2O3/c1-21(11-12-24-19-6-4-3-5-18(19)23-2)14-17(22)16-9-7-15(13-20)8-10-16/h3-10,17,22H,11-12,14H2,1-2H3. The van der Waals surface area contributed by atoms with E-state index >= 15 is 0 Å². The number of methoxy groups -OCH3 is 1. The van der Waals surface area contributed by atoms with Gasteiger partial charge >= 0.3 is 0 Å². The Morgan fingerprint density at radius 3 is 2.42 bits per heavy atom. The van der Waals surface area contributed by atoms with Gasteiger partial charge in [-0.25, -0.2) is 0 Å². The second-order valence-electron chi connectivity index (χ2n) is 5.51. The number of nitriles is 1. The Morgan fingerprint density at radius 2 is 1.79 bits per heavy atom. The molecule has 2 rings (SSSR count). The normalized spacial score (nSPS) is 11.8. The summed E-state index contributed by atoms with van der Waals surface area (Å²) in [6, 6.07) is 16.6. The molecular formula is C19H22N2O3. The number of benzene rings is 2. The number of aliphatic hydroxyl groups is 1. The molecule has 0 spiro atoms. The minimum Gasteiger partial charge on any atom is -0.493 e. The molecule has 24 heavy (non-hydrogen) atoms. The maximum Gasteiger partial charge on any atom is 0.161 e. The number of nitrogens with zero attached hydrogens (tertiary/aromatic N) is 2. The first kappa shape index (κ1) is 17.8. The van der Waals surface area contributed by atoms with Crippen molar-refractivity contribution in [2.24, 2.45) is 0 Å². The lowest BCUT2D eigenvalue weighted by molar-refractivity contribution is 0.117. The molecule has 5 nitrogen and oxygen atoms in total. The zero-order chi connectivity index (χ0) is 17.4. The molecule has 2 aromatic rings. The molecule has 5 heteroatoms. The predicted molar refractivity (Wildman–Crippen MR) is 92.1 cm³/mol. The SMILES string of the molecule is COc1ccccc1OCCN(C)CC(O)c1ccc(C#N)cc1. The molecule has 0 amide bonds. The highest BCUT2D eigenvalue weighted by Crippen LogP contribution is 2.25. The Morgan fingerprint density at radius 1 is 1.12 bits per heavy atom. The molecule has 0 heterocycles. The number of hydrogen-bond acceptors (Lipinski definition) is 5. The van der Waals surface area contributed by atoms with Gasteiger partial charge in [-0.15, -0.1) is 0 Å². The highest BCUT2D eigenvalue weighted by molar-refractivity contribution is 5.39. The lowest BCUT2D eigenvalue weighted by atomic mass is 10.1. The number of hydrogen-bond donors (Lipinski definition) is 1. The van der Waals surface area contributed by atoms with E-state index in [9.17, 15) is 5.11 Å². The second-order valence-corrected chi connectivity index (χ2v) is 5.51. The van der Waals surface area contributed by atoms with Gasteiger partial charge in [-0.3, -0.25) is 0 Å². The van der Waals surface area contributed by atoms with Gasteiger partial charge in [0.1, 0.15) is 6.61 Å². The summed E-state index contributed by atoms with van der Waals surface area (Å²) in [5.74, 6) is 1.42. The molecule has 1 unspecified atom stereocenters. The third-order valence-electron chi connectivity index (χ3n) is 3.71. The van der Waals surface area contributed by atoms with Crippen LogP contribution in [0.25, 0.3) is 0 Å². The Kier molecular flexibility index (Phi) is 6.62. The van der Waals surface area contributed by atoms with E-state index < -0.39 is 6.10 Å². The van der Waals surface area contributed by atoms with Gasteiger partial charge in [-0.1, -0.05) is 24.3 Å². The maximum atomic E-state index is 10.3. The van der Waals surface area contributed by atoms with Crippen molar-refractivity contribution in [1.82, 2.24) is 4.90 Å². The summed E-state index contributed by atoms with van der Waals surface area (Å²) in [6.45, 7) is 1.66. The van der Waals surface area contributed by atoms with Crippen LogP contribution >= 0.6 is 0 Å². The minimum absolute atomic E-state index is 0.487. The van der Waals surface area contributed by atoms with Crippen molar-refractivity contribution >= 4 is 0 Å². The first-order valence-corrected chi connectivity index (χ1v) is 7.76. The van der Waals surface area contributed by atoms with E-state index in [4.69, 9.17) is 14.7 Å². The van der Waals surface area contributed by atoms with Crippen LogP contribution in [0.2, 0.25) is 0 Å². The van der Waals surface area contributed by atoms with Gasteiger partial charge in [-0.2, -0.15) is 5.26 Å². The van der Waals surface area contributed by atoms with Crippen LogP contribution in [0.4, 0.5) is 0 Å². The fourth-order valence-electron chi connectivity index (χ4n) is 2.32. The first-order chi connectivity index (χ1) is 11.6. The van der Waals surface area contributed by atoms with Crippen LogP contribution in [0.3, 0.4) is 0 Å². The summed E-state index contributed by atoms with van der Waals surface area (Å²) < 4.78 is 11.0. The topological polar surface area (TPSA) is 65.7 Å². The lowest BCUT2D eigenvalue weighted by Gasteiger charge is -2.21. The molecule has 0 aliphatic heterocycles. The Balaban J connectivity index is 1.80. The van der Waals surface area contributed by atoms with Crippen LogP contribution in [0.5, 0.6) is 11.5 Å². The van der Waals surface area contributed by atoms with Crippen molar-refractivity contribution in [2.75, 3.05) is 33.9 Å². The van der Waals surface area contributed by atoms with Crippen molar-refractivity contribution in [3.8, 4) is 17.6 Å². The molecule has 0 saturated heterocycles. The van der Waals surface area contributed by atoms with E-state index in [2.05, 4.69) is 6.07 Å². The van der Waals surface area contributed by atoms with Gasteiger partial charge in [-0.05, 0) is 36.9 Å². The van der Waals surface area contributed by atoms with Crippen LogP contribution < -0.4 is 9.47 Å². The van der Waals surface area contributed by atoms with Crippen molar-refractivity contribution in [2.45, 2.75) is 6.10 Å². The van der Waals surface area contributed by atoms with Crippen LogP contribution in [0.1, 0.15) is 17.2 Å². The van der Waals surface area contributed by atoms with Crippen molar-refractivity contribution in [3.05, 3.63) is 59.7 Å². The summed E-state index contributed by atoms with van der Waals surface area (Å²) in [5, 5.41) is 19.1. The van der Waals surface area contributed by atoms with E-state index in [1.165, 1.54) is 0 Å². The van der Waals surface area contributed by atoms with Crippen molar-refractivity contribution < 1.29 is 14.6 Å². The number of likely N-dealkylation sites (N-methyl/N-ethyl adjacent to an activating group) is 1. The van der Waals surface area contributed by atoms with E-state index in [-0.39, 0.29) is 0 Å². The highest BCUT2D eigenvalue weighted by Gasteiger charge is 2.11. The molecule has 0 fully saturated rings. The molecule has 126 valence electrons. The molecular weight excluding hydrogens is 304 g/mol. The summed E-state index contributed by atoms with van der Waals surface area (Å²) in [4.78, 5) is 2.00. The minimum atomic E-state index is -0.603. The van der Waals surface area contributed by atoms with Crippen LogP contribution in [0.15, 0.2) is 48.5 Å². The Hall–Kier alpha value is -2.55. The average Bonchev–Trinajstić information content (AvgIpc) is 2.62. The first-order valence-electron chi connectivity index (χ1n) is 7.76. The van der Waals surface area contributed by atoms with Gasteiger partial charge < -0.3 is 19.5 Å².